The van der Waals surface area contributed by atoms with Gasteiger partial charge in [-0.3, -0.25) is 4.99 Å². The Morgan fingerprint density at radius 2 is 1.68 bits per heavy atom. The van der Waals surface area contributed by atoms with Crippen LogP contribution in [0.4, 0.5) is 13.2 Å². The third-order valence-corrected chi connectivity index (χ3v) is 8.39. The van der Waals surface area contributed by atoms with Crippen LogP contribution in [0, 0.1) is 0 Å². The summed E-state index contributed by atoms with van der Waals surface area (Å²) < 4.78 is 75.6. The van der Waals surface area contributed by atoms with Crippen molar-refractivity contribution < 1.29 is 31.9 Å². The van der Waals surface area contributed by atoms with Crippen molar-refractivity contribution in [1.82, 2.24) is 9.62 Å². The minimum absolute atomic E-state index is 0.274. The van der Waals surface area contributed by atoms with Crippen molar-refractivity contribution in [2.45, 2.75) is 107 Å². The van der Waals surface area contributed by atoms with Gasteiger partial charge in [0, 0.05) is 38.7 Å². The highest BCUT2D eigenvalue weighted by Gasteiger charge is 2.59. The minimum Gasteiger partial charge on any atom is -0.598 e. The lowest BCUT2D eigenvalue weighted by molar-refractivity contribution is -0.241. The van der Waals surface area contributed by atoms with Crippen LogP contribution in [-0.4, -0.2) is 88.7 Å². The van der Waals surface area contributed by atoms with Crippen molar-refractivity contribution in [3.05, 3.63) is 0 Å². The monoisotopic (exact) mass is 531 g/mol. The van der Waals surface area contributed by atoms with Crippen molar-refractivity contribution in [1.29, 1.82) is 0 Å². The van der Waals surface area contributed by atoms with Crippen LogP contribution in [0.25, 0.3) is 0 Å². The van der Waals surface area contributed by atoms with E-state index in [4.69, 9.17) is 19.2 Å². The van der Waals surface area contributed by atoms with Gasteiger partial charge >= 0.3 is 6.18 Å². The standard InChI is InChI=1S/C22H40F3N3O4S2/c1-8-10-12-30-15-14-19(33-20(26-14)28(6)7)32-17(16(15)31-13-11-9-2)18(22(23,24)25)27-34(29)21(3,4)5/h14-19,27H,8-13H2,1-7H3/t14-,15-,16+,17+,18?,19-,34?/m1/s1. The van der Waals surface area contributed by atoms with E-state index in [1.54, 1.807) is 20.8 Å². The van der Waals surface area contributed by atoms with E-state index in [0.29, 0.717) is 18.2 Å². The molecular weight excluding hydrogens is 491 g/mol. The van der Waals surface area contributed by atoms with Gasteiger partial charge in [-0.2, -0.15) is 13.2 Å². The molecular formula is C22H40F3N3O4S2. The average Bonchev–Trinajstić information content (AvgIpc) is 3.15. The molecule has 0 aliphatic carbocycles. The van der Waals surface area contributed by atoms with Crippen LogP contribution in [0.2, 0.25) is 0 Å². The Hall–Kier alpha value is -0.240. The van der Waals surface area contributed by atoms with Gasteiger partial charge in [0.25, 0.3) is 0 Å². The Morgan fingerprint density at radius 1 is 1.12 bits per heavy atom. The molecule has 0 spiro atoms. The molecule has 1 saturated heterocycles. The summed E-state index contributed by atoms with van der Waals surface area (Å²) in [7, 11) is 3.66. The van der Waals surface area contributed by atoms with Crippen molar-refractivity contribution in [3.63, 3.8) is 0 Å². The molecule has 0 bridgehead atoms. The lowest BCUT2D eigenvalue weighted by atomic mass is 9.93. The number of hydrogen-bond acceptors (Lipinski definition) is 8. The largest absolute Gasteiger partial charge is 0.598 e. The van der Waals surface area contributed by atoms with E-state index in [9.17, 15) is 17.7 Å². The molecule has 1 N–H and O–H groups in total. The molecule has 1 fully saturated rings. The summed E-state index contributed by atoms with van der Waals surface area (Å²) in [6, 6.07) is -2.69. The van der Waals surface area contributed by atoms with Crippen molar-refractivity contribution in [3.8, 4) is 0 Å². The summed E-state index contributed by atoms with van der Waals surface area (Å²) in [5, 5.41) is 0.668. The van der Waals surface area contributed by atoms with Crippen LogP contribution in [0.3, 0.4) is 0 Å². The van der Waals surface area contributed by atoms with E-state index in [-0.39, 0.29) is 6.61 Å². The number of alkyl halides is 3. The molecule has 0 amide bonds. The summed E-state index contributed by atoms with van der Waals surface area (Å²) in [6.07, 6.45) is -4.71. The van der Waals surface area contributed by atoms with Crippen LogP contribution in [-0.2, 0) is 25.6 Å². The average molecular weight is 532 g/mol. The van der Waals surface area contributed by atoms with Crippen molar-refractivity contribution in [2.75, 3.05) is 27.3 Å². The number of unbranched alkanes of at least 4 members (excludes halogenated alkanes) is 2. The van der Waals surface area contributed by atoms with E-state index >= 15 is 0 Å². The molecule has 2 aliphatic rings. The van der Waals surface area contributed by atoms with E-state index in [1.165, 1.54) is 11.8 Å². The molecule has 2 unspecified atom stereocenters. The van der Waals surface area contributed by atoms with Gasteiger partial charge in [-0.25, -0.2) is 0 Å². The maximum Gasteiger partial charge on any atom is 0.410 e. The molecule has 0 aromatic rings. The van der Waals surface area contributed by atoms with Gasteiger partial charge in [0.15, 0.2) is 11.2 Å². The number of amidine groups is 1. The molecule has 7 nitrogen and oxygen atoms in total. The van der Waals surface area contributed by atoms with E-state index in [1.807, 2.05) is 32.8 Å². The van der Waals surface area contributed by atoms with Crippen LogP contribution < -0.4 is 4.72 Å². The van der Waals surface area contributed by atoms with Gasteiger partial charge in [-0.15, -0.1) is 4.72 Å². The highest BCUT2D eigenvalue weighted by Crippen LogP contribution is 2.42. The maximum absolute atomic E-state index is 14.4. The molecule has 0 aromatic heterocycles. The maximum atomic E-state index is 14.4. The Labute approximate surface area is 209 Å². The third kappa shape index (κ3) is 7.88. The van der Waals surface area contributed by atoms with Crippen LogP contribution >= 0.6 is 11.8 Å². The van der Waals surface area contributed by atoms with Crippen molar-refractivity contribution in [2.24, 2.45) is 4.99 Å². The molecule has 0 saturated carbocycles. The third-order valence-electron chi connectivity index (χ3n) is 5.51. The first-order valence-corrected chi connectivity index (χ1v) is 13.9. The molecule has 34 heavy (non-hydrogen) atoms. The van der Waals surface area contributed by atoms with Gasteiger partial charge in [-0.05, 0) is 33.6 Å². The molecule has 2 rings (SSSR count). The van der Waals surface area contributed by atoms with E-state index in [0.717, 1.165) is 19.3 Å². The van der Waals surface area contributed by atoms with Crippen LogP contribution in [0.5, 0.6) is 0 Å². The zero-order chi connectivity index (χ0) is 25.7. The quantitative estimate of drug-likeness (QED) is 0.318. The SMILES string of the molecule is CCCCO[C@@H]1[C@H]2N=C(N(C)C)S[C@H]2O[C@H](C(N[S+]([O-])C(C)(C)C)C(F)(F)F)[C@H]1OCCCC. The molecule has 2 heterocycles. The smallest absolute Gasteiger partial charge is 0.410 e. The molecule has 7 atom stereocenters. The molecule has 0 radical (unpaired) electrons. The highest BCUT2D eigenvalue weighted by molar-refractivity contribution is 8.14. The number of ether oxygens (including phenoxy) is 3. The summed E-state index contributed by atoms with van der Waals surface area (Å²) in [6.45, 7) is 9.53. The Kier molecular flexibility index (Phi) is 11.3. The molecule has 2 aliphatic heterocycles. The molecule has 0 aromatic carbocycles. The second-order valence-electron chi connectivity index (χ2n) is 9.78. The lowest BCUT2D eigenvalue weighted by Gasteiger charge is -2.45. The highest BCUT2D eigenvalue weighted by atomic mass is 32.2. The first-order valence-electron chi connectivity index (χ1n) is 11.9. The van der Waals surface area contributed by atoms with Gasteiger partial charge in [0.1, 0.15) is 34.5 Å². The van der Waals surface area contributed by atoms with Crippen LogP contribution in [0.15, 0.2) is 4.99 Å². The number of aliphatic imine (C=N–C) groups is 1. The second kappa shape index (κ2) is 12.8. The van der Waals surface area contributed by atoms with Gasteiger partial charge < -0.3 is 23.7 Å². The zero-order valence-electron chi connectivity index (χ0n) is 21.2. The molecule has 200 valence electrons. The fraction of sp³-hybridized carbons (Fsp3) is 0.955. The predicted molar refractivity (Wildman–Crippen MR) is 131 cm³/mol. The number of nitrogens with one attached hydrogen (secondary N) is 1. The summed E-state index contributed by atoms with van der Waals surface area (Å²) in [5.74, 6) is 0. The number of halogens is 3. The summed E-state index contributed by atoms with van der Waals surface area (Å²) >= 11 is -0.687. The predicted octanol–water partition coefficient (Wildman–Crippen LogP) is 4.10. The van der Waals surface area contributed by atoms with E-state index in [2.05, 4.69) is 4.72 Å². The Bertz CT molecular complexity index is 664. The number of rotatable bonds is 11. The Morgan fingerprint density at radius 3 is 2.15 bits per heavy atom. The van der Waals surface area contributed by atoms with E-state index < -0.39 is 58.1 Å². The number of fused-ring (bicyclic) bond motifs is 1. The Balaban J connectivity index is 2.45. The summed E-state index contributed by atoms with van der Waals surface area (Å²) in [5.41, 5.74) is -0.658. The van der Waals surface area contributed by atoms with Gasteiger partial charge in [-0.1, -0.05) is 38.5 Å². The zero-order valence-corrected chi connectivity index (χ0v) is 22.8. The summed E-state index contributed by atoms with van der Waals surface area (Å²) in [4.78, 5) is 6.53. The molecule has 12 heteroatoms. The number of nitrogens with zero attached hydrogens (tertiary/aromatic N) is 2. The normalized spacial score (nSPS) is 29.5. The first kappa shape index (κ1) is 30.0. The number of thioether (sulfide) groups is 1. The fourth-order valence-electron chi connectivity index (χ4n) is 3.55. The van der Waals surface area contributed by atoms with Crippen LogP contribution in [0.1, 0.15) is 60.3 Å². The topological polar surface area (TPSA) is 78.4 Å². The van der Waals surface area contributed by atoms with Gasteiger partial charge in [0.05, 0.1) is 0 Å². The minimum atomic E-state index is -4.72. The number of hydrogen-bond donors (Lipinski definition) is 1. The second-order valence-corrected chi connectivity index (χ2v) is 12.8. The van der Waals surface area contributed by atoms with Crippen molar-refractivity contribution >= 4 is 28.3 Å². The fourth-order valence-corrected chi connectivity index (χ4v) is 5.55. The lowest BCUT2D eigenvalue weighted by Crippen LogP contribution is -2.67. The first-order chi connectivity index (χ1) is 15.8. The van der Waals surface area contributed by atoms with Gasteiger partial charge in [0.2, 0.25) is 0 Å².